The maximum absolute atomic E-state index is 13.6. The fourth-order valence-electron chi connectivity index (χ4n) is 1.85. The van der Waals surface area contributed by atoms with Crippen LogP contribution in [0.5, 0.6) is 0 Å². The lowest BCUT2D eigenvalue weighted by Gasteiger charge is -2.12. The van der Waals surface area contributed by atoms with Gasteiger partial charge in [0.1, 0.15) is 11.6 Å². The number of nitrogens with two attached hydrogens (primary N) is 1. The third-order valence-electron chi connectivity index (χ3n) is 2.93. The van der Waals surface area contributed by atoms with E-state index in [0.717, 1.165) is 6.07 Å². The number of benzene rings is 2. The average Bonchev–Trinajstić information content (AvgIpc) is 2.46. The lowest BCUT2D eigenvalue weighted by Crippen LogP contribution is -2.09. The number of nitrogen functional groups attached to an aromatic ring is 1. The number of rotatable bonds is 4. The lowest BCUT2D eigenvalue weighted by atomic mass is 10.1. The first-order valence-electron chi connectivity index (χ1n) is 6.17. The molecule has 2 aromatic rings. The molecule has 0 bridgehead atoms. The molecule has 0 spiro atoms. The molecule has 0 saturated heterocycles. The Morgan fingerprint density at radius 1 is 1.24 bits per heavy atom. The summed E-state index contributed by atoms with van der Waals surface area (Å²) in [5, 5.41) is 2.91. The summed E-state index contributed by atoms with van der Waals surface area (Å²) < 4.78 is 31.1. The molecule has 21 heavy (non-hydrogen) atoms. The predicted octanol–water partition coefficient (Wildman–Crippen LogP) is 2.95. The Hall–Kier alpha value is -2.63. The summed E-state index contributed by atoms with van der Waals surface area (Å²) >= 11 is 0. The van der Waals surface area contributed by atoms with Crippen molar-refractivity contribution in [1.82, 2.24) is 0 Å². The summed E-state index contributed by atoms with van der Waals surface area (Å²) in [5.74, 6) is -1.85. The number of hydrogen-bond acceptors (Lipinski definition) is 4. The van der Waals surface area contributed by atoms with Crippen LogP contribution in [0.2, 0.25) is 0 Å². The molecule has 0 unspecified atom stereocenters. The SMILES string of the molecule is COC(=O)c1cc(N)ccc1NCc1ccc(F)cc1F. The van der Waals surface area contributed by atoms with Gasteiger partial charge in [0.05, 0.1) is 12.7 Å². The molecule has 0 fully saturated rings. The van der Waals surface area contributed by atoms with Crippen molar-refractivity contribution in [3.63, 3.8) is 0 Å². The molecule has 0 heterocycles. The van der Waals surface area contributed by atoms with Crippen LogP contribution in [-0.4, -0.2) is 13.1 Å². The largest absolute Gasteiger partial charge is 0.465 e. The smallest absolute Gasteiger partial charge is 0.340 e. The molecule has 2 aromatic carbocycles. The zero-order valence-corrected chi connectivity index (χ0v) is 11.3. The highest BCUT2D eigenvalue weighted by Crippen LogP contribution is 2.21. The molecule has 4 nitrogen and oxygen atoms in total. The Morgan fingerprint density at radius 3 is 2.67 bits per heavy atom. The zero-order chi connectivity index (χ0) is 15.4. The Kier molecular flexibility index (Phi) is 4.37. The van der Waals surface area contributed by atoms with Crippen molar-refractivity contribution in [2.75, 3.05) is 18.2 Å². The van der Waals surface area contributed by atoms with E-state index < -0.39 is 17.6 Å². The predicted molar refractivity (Wildman–Crippen MR) is 75.9 cm³/mol. The van der Waals surface area contributed by atoms with Gasteiger partial charge in [-0.2, -0.15) is 0 Å². The van der Waals surface area contributed by atoms with Crippen LogP contribution in [0.3, 0.4) is 0 Å². The number of hydrogen-bond donors (Lipinski definition) is 2. The molecular weight excluding hydrogens is 278 g/mol. The number of carbonyl (C=O) groups is 1. The second-order valence-electron chi connectivity index (χ2n) is 4.39. The summed E-state index contributed by atoms with van der Waals surface area (Å²) in [7, 11) is 1.26. The van der Waals surface area contributed by atoms with Gasteiger partial charge in [0.15, 0.2) is 0 Å². The quantitative estimate of drug-likeness (QED) is 0.671. The van der Waals surface area contributed by atoms with Gasteiger partial charge in [-0.3, -0.25) is 0 Å². The number of anilines is 2. The Morgan fingerprint density at radius 2 is 2.00 bits per heavy atom. The fourth-order valence-corrected chi connectivity index (χ4v) is 1.85. The molecule has 110 valence electrons. The van der Waals surface area contributed by atoms with Crippen LogP contribution in [0.1, 0.15) is 15.9 Å². The first kappa shape index (κ1) is 14.8. The topological polar surface area (TPSA) is 64.3 Å². The van der Waals surface area contributed by atoms with Crippen LogP contribution in [-0.2, 0) is 11.3 Å². The minimum Gasteiger partial charge on any atom is -0.465 e. The van der Waals surface area contributed by atoms with Gasteiger partial charge in [-0.05, 0) is 24.3 Å². The van der Waals surface area contributed by atoms with Gasteiger partial charge >= 0.3 is 5.97 Å². The average molecular weight is 292 g/mol. The van der Waals surface area contributed by atoms with Crippen LogP contribution >= 0.6 is 0 Å². The van der Waals surface area contributed by atoms with Crippen LogP contribution in [0.4, 0.5) is 20.2 Å². The van der Waals surface area contributed by atoms with E-state index in [4.69, 9.17) is 5.73 Å². The molecule has 6 heteroatoms. The van der Waals surface area contributed by atoms with Crippen molar-refractivity contribution in [1.29, 1.82) is 0 Å². The summed E-state index contributed by atoms with van der Waals surface area (Å²) in [6.07, 6.45) is 0. The maximum Gasteiger partial charge on any atom is 0.340 e. The first-order valence-corrected chi connectivity index (χ1v) is 6.17. The number of nitrogens with one attached hydrogen (secondary N) is 1. The van der Waals surface area contributed by atoms with Crippen LogP contribution in [0.25, 0.3) is 0 Å². The maximum atomic E-state index is 13.6. The molecule has 0 amide bonds. The highest BCUT2D eigenvalue weighted by Gasteiger charge is 2.13. The monoisotopic (exact) mass is 292 g/mol. The van der Waals surface area contributed by atoms with Crippen molar-refractivity contribution < 1.29 is 18.3 Å². The molecule has 0 aliphatic heterocycles. The molecule has 2 rings (SSSR count). The number of esters is 1. The second-order valence-corrected chi connectivity index (χ2v) is 4.39. The number of carbonyl (C=O) groups excluding carboxylic acids is 1. The molecule has 0 aliphatic carbocycles. The fraction of sp³-hybridized carbons (Fsp3) is 0.133. The number of halogens is 2. The third-order valence-corrected chi connectivity index (χ3v) is 2.93. The van der Waals surface area contributed by atoms with E-state index in [9.17, 15) is 13.6 Å². The van der Waals surface area contributed by atoms with Gasteiger partial charge in [-0.1, -0.05) is 6.07 Å². The second kappa shape index (κ2) is 6.21. The van der Waals surface area contributed by atoms with Crippen LogP contribution in [0.15, 0.2) is 36.4 Å². The van der Waals surface area contributed by atoms with Crippen molar-refractivity contribution in [2.45, 2.75) is 6.54 Å². The van der Waals surface area contributed by atoms with Crippen molar-refractivity contribution in [3.8, 4) is 0 Å². The molecule has 0 saturated carbocycles. The molecule has 3 N–H and O–H groups in total. The molecule has 0 atom stereocenters. The minimum atomic E-state index is -0.655. The lowest BCUT2D eigenvalue weighted by molar-refractivity contribution is 0.0602. The molecule has 0 aromatic heterocycles. The Bertz CT molecular complexity index is 675. The van der Waals surface area contributed by atoms with E-state index in [-0.39, 0.29) is 17.7 Å². The summed E-state index contributed by atoms with van der Waals surface area (Å²) in [6, 6.07) is 7.99. The summed E-state index contributed by atoms with van der Waals surface area (Å²) in [5.41, 5.74) is 7.03. The van der Waals surface area contributed by atoms with Crippen molar-refractivity contribution in [3.05, 3.63) is 59.2 Å². The Balaban J connectivity index is 2.21. The van der Waals surface area contributed by atoms with E-state index in [0.29, 0.717) is 11.4 Å². The first-order chi connectivity index (χ1) is 10.0. The third kappa shape index (κ3) is 3.47. The van der Waals surface area contributed by atoms with Gasteiger partial charge in [0.2, 0.25) is 0 Å². The van der Waals surface area contributed by atoms with E-state index in [1.54, 1.807) is 12.1 Å². The van der Waals surface area contributed by atoms with E-state index in [2.05, 4.69) is 10.1 Å². The molecule has 0 aliphatic rings. The Labute approximate surface area is 120 Å². The number of ether oxygens (including phenoxy) is 1. The van der Waals surface area contributed by atoms with Crippen molar-refractivity contribution in [2.24, 2.45) is 0 Å². The minimum absolute atomic E-state index is 0.0972. The highest BCUT2D eigenvalue weighted by atomic mass is 19.1. The standard InChI is InChI=1S/C15H14F2N2O2/c1-21-15(20)12-7-11(18)4-5-14(12)19-8-9-2-3-10(16)6-13(9)17/h2-7,19H,8,18H2,1H3. The van der Waals surface area contributed by atoms with E-state index >= 15 is 0 Å². The number of methoxy groups -OCH3 is 1. The van der Waals surface area contributed by atoms with E-state index in [1.165, 1.54) is 25.3 Å². The van der Waals surface area contributed by atoms with Crippen LogP contribution < -0.4 is 11.1 Å². The van der Waals surface area contributed by atoms with Crippen LogP contribution in [0, 0.1) is 11.6 Å². The summed E-state index contributed by atoms with van der Waals surface area (Å²) in [4.78, 5) is 11.7. The van der Waals surface area contributed by atoms with Gasteiger partial charge in [-0.15, -0.1) is 0 Å². The van der Waals surface area contributed by atoms with E-state index in [1.807, 2.05) is 0 Å². The van der Waals surface area contributed by atoms with Gasteiger partial charge < -0.3 is 15.8 Å². The van der Waals surface area contributed by atoms with Crippen molar-refractivity contribution >= 4 is 17.3 Å². The normalized spacial score (nSPS) is 10.2. The molecule has 0 radical (unpaired) electrons. The van der Waals surface area contributed by atoms with Gasteiger partial charge in [-0.25, -0.2) is 13.6 Å². The van der Waals surface area contributed by atoms with Gasteiger partial charge in [0.25, 0.3) is 0 Å². The summed E-state index contributed by atoms with van der Waals surface area (Å²) in [6.45, 7) is 0.0972. The molecular formula is C15H14F2N2O2. The zero-order valence-electron chi connectivity index (χ0n) is 11.3. The highest BCUT2D eigenvalue weighted by molar-refractivity contribution is 5.96. The van der Waals surface area contributed by atoms with Gasteiger partial charge in [0, 0.05) is 29.5 Å².